The second-order valence-corrected chi connectivity index (χ2v) is 4.28. The molecule has 4 N–H and O–H groups in total. The Labute approximate surface area is 107 Å². The number of hydrogen-bond acceptors (Lipinski definition) is 3. The maximum absolute atomic E-state index is 5.92. The summed E-state index contributed by atoms with van der Waals surface area (Å²) in [6.45, 7) is 2.13. The third-order valence-corrected chi connectivity index (χ3v) is 2.75. The molecule has 94 valence electrons. The molecule has 0 fully saturated rings. The molecule has 0 unspecified atom stereocenters. The molecule has 0 spiro atoms. The molecule has 0 aliphatic carbocycles. The van der Waals surface area contributed by atoms with Gasteiger partial charge in [-0.15, -0.1) is 0 Å². The molecule has 2 rings (SSSR count). The van der Waals surface area contributed by atoms with Gasteiger partial charge in [-0.1, -0.05) is 13.3 Å². The van der Waals surface area contributed by atoms with Gasteiger partial charge in [-0.05, 0) is 54.4 Å². The van der Waals surface area contributed by atoms with Crippen LogP contribution >= 0.6 is 0 Å². The molecule has 0 atom stereocenters. The quantitative estimate of drug-likeness (QED) is 0.805. The minimum absolute atomic E-state index is 0.728. The van der Waals surface area contributed by atoms with Crippen molar-refractivity contribution in [3.05, 3.63) is 48.0 Å². The topological polar surface area (TPSA) is 61.3 Å². The van der Waals surface area contributed by atoms with Crippen LogP contribution in [0.3, 0.4) is 0 Å². The van der Waals surface area contributed by atoms with Crippen LogP contribution in [0.1, 0.15) is 18.9 Å². The molecule has 0 radical (unpaired) electrons. The van der Waals surface area contributed by atoms with Crippen molar-refractivity contribution in [2.75, 3.05) is 11.5 Å². The van der Waals surface area contributed by atoms with Gasteiger partial charge in [0.25, 0.3) is 0 Å². The van der Waals surface area contributed by atoms with Gasteiger partial charge in [-0.2, -0.15) is 0 Å². The largest absolute Gasteiger partial charge is 0.457 e. The summed E-state index contributed by atoms with van der Waals surface area (Å²) in [5.74, 6) is 1.58. The monoisotopic (exact) mass is 242 g/mol. The maximum atomic E-state index is 5.92. The van der Waals surface area contributed by atoms with Gasteiger partial charge in [0.05, 0.1) is 0 Å². The number of ether oxygens (including phenoxy) is 1. The minimum Gasteiger partial charge on any atom is -0.457 e. The number of hydrogen-bond donors (Lipinski definition) is 2. The van der Waals surface area contributed by atoms with Gasteiger partial charge < -0.3 is 16.2 Å². The summed E-state index contributed by atoms with van der Waals surface area (Å²) in [4.78, 5) is 0. The molecule has 0 heterocycles. The van der Waals surface area contributed by atoms with E-state index < -0.39 is 0 Å². The molecule has 0 bridgehead atoms. The normalized spacial score (nSPS) is 10.3. The lowest BCUT2D eigenvalue weighted by Crippen LogP contribution is -1.95. The highest BCUT2D eigenvalue weighted by Gasteiger charge is 2.02. The van der Waals surface area contributed by atoms with E-state index in [9.17, 15) is 0 Å². The zero-order valence-corrected chi connectivity index (χ0v) is 10.5. The second-order valence-electron chi connectivity index (χ2n) is 4.28. The molecular formula is C15H18N2O. The van der Waals surface area contributed by atoms with E-state index in [2.05, 4.69) is 6.92 Å². The van der Waals surface area contributed by atoms with Crippen LogP contribution in [0.15, 0.2) is 42.5 Å². The van der Waals surface area contributed by atoms with Crippen LogP contribution < -0.4 is 16.2 Å². The lowest BCUT2D eigenvalue weighted by molar-refractivity contribution is 0.482. The van der Waals surface area contributed by atoms with Crippen molar-refractivity contribution in [3.8, 4) is 11.5 Å². The molecule has 0 saturated carbocycles. The molecule has 0 amide bonds. The van der Waals surface area contributed by atoms with Gasteiger partial charge in [-0.25, -0.2) is 0 Å². The minimum atomic E-state index is 0.728. The zero-order valence-electron chi connectivity index (χ0n) is 10.5. The smallest absolute Gasteiger partial charge is 0.127 e. The Balaban J connectivity index is 2.18. The van der Waals surface area contributed by atoms with Gasteiger partial charge in [0.2, 0.25) is 0 Å². The van der Waals surface area contributed by atoms with Gasteiger partial charge in [0, 0.05) is 11.4 Å². The number of nitrogen functional groups attached to an aromatic ring is 2. The Bertz CT molecular complexity index is 521. The first kappa shape index (κ1) is 12.3. The van der Waals surface area contributed by atoms with E-state index in [4.69, 9.17) is 16.2 Å². The van der Waals surface area contributed by atoms with Gasteiger partial charge in [0.1, 0.15) is 11.5 Å². The van der Waals surface area contributed by atoms with E-state index in [1.54, 1.807) is 0 Å². The van der Waals surface area contributed by atoms with Crippen molar-refractivity contribution in [2.24, 2.45) is 0 Å². The van der Waals surface area contributed by atoms with Crippen molar-refractivity contribution in [2.45, 2.75) is 19.8 Å². The fourth-order valence-electron chi connectivity index (χ4n) is 1.80. The van der Waals surface area contributed by atoms with E-state index in [1.807, 2.05) is 42.5 Å². The summed E-state index contributed by atoms with van der Waals surface area (Å²) in [5, 5.41) is 0. The molecule has 18 heavy (non-hydrogen) atoms. The van der Waals surface area contributed by atoms with Gasteiger partial charge >= 0.3 is 0 Å². The highest BCUT2D eigenvalue weighted by molar-refractivity contribution is 5.51. The van der Waals surface area contributed by atoms with Crippen LogP contribution in [0.5, 0.6) is 11.5 Å². The molecule has 0 aliphatic rings. The number of anilines is 2. The first-order chi connectivity index (χ1) is 8.69. The lowest BCUT2D eigenvalue weighted by Gasteiger charge is -2.09. The Kier molecular flexibility index (Phi) is 3.72. The number of benzene rings is 2. The zero-order chi connectivity index (χ0) is 13.0. The lowest BCUT2D eigenvalue weighted by atomic mass is 10.1. The van der Waals surface area contributed by atoms with E-state index in [0.29, 0.717) is 0 Å². The van der Waals surface area contributed by atoms with Crippen molar-refractivity contribution >= 4 is 11.4 Å². The highest BCUT2D eigenvalue weighted by atomic mass is 16.5. The molecular weight excluding hydrogens is 224 g/mol. The second kappa shape index (κ2) is 5.45. The Morgan fingerprint density at radius 1 is 0.944 bits per heavy atom. The summed E-state index contributed by atoms with van der Waals surface area (Å²) in [6.07, 6.45) is 2.03. The number of aryl methyl sites for hydroxylation is 1. The third-order valence-electron chi connectivity index (χ3n) is 2.75. The van der Waals surface area contributed by atoms with Crippen LogP contribution in [-0.4, -0.2) is 0 Å². The summed E-state index contributed by atoms with van der Waals surface area (Å²) < 4.78 is 5.76. The van der Waals surface area contributed by atoms with Crippen molar-refractivity contribution in [1.29, 1.82) is 0 Å². The molecule has 0 aliphatic heterocycles. The van der Waals surface area contributed by atoms with Crippen molar-refractivity contribution in [1.82, 2.24) is 0 Å². The van der Waals surface area contributed by atoms with Gasteiger partial charge in [-0.3, -0.25) is 0 Å². The maximum Gasteiger partial charge on any atom is 0.127 e. The van der Waals surface area contributed by atoms with Crippen LogP contribution in [0.25, 0.3) is 0 Å². The molecule has 2 aromatic rings. The Morgan fingerprint density at radius 2 is 1.61 bits per heavy atom. The van der Waals surface area contributed by atoms with Crippen LogP contribution in [0.4, 0.5) is 11.4 Å². The first-order valence-electron chi connectivity index (χ1n) is 6.11. The Morgan fingerprint density at radius 3 is 2.28 bits per heavy atom. The van der Waals surface area contributed by atoms with E-state index in [-0.39, 0.29) is 0 Å². The molecule has 3 heteroatoms. The first-order valence-corrected chi connectivity index (χ1v) is 6.11. The summed E-state index contributed by atoms with van der Waals surface area (Å²) >= 11 is 0. The predicted octanol–water partition coefficient (Wildman–Crippen LogP) is 3.60. The molecule has 0 saturated heterocycles. The van der Waals surface area contributed by atoms with Crippen LogP contribution in [0, 0.1) is 0 Å². The van der Waals surface area contributed by atoms with E-state index in [0.717, 1.165) is 41.3 Å². The van der Waals surface area contributed by atoms with Crippen molar-refractivity contribution < 1.29 is 4.74 Å². The average Bonchev–Trinajstić information content (AvgIpc) is 2.37. The molecule has 2 aromatic carbocycles. The SMILES string of the molecule is CCCc1cc(Oc2ccc(N)cc2)ccc1N. The fraction of sp³-hybridized carbons (Fsp3) is 0.200. The van der Waals surface area contributed by atoms with Crippen LogP contribution in [-0.2, 0) is 6.42 Å². The third kappa shape index (κ3) is 2.94. The predicted molar refractivity (Wildman–Crippen MR) is 75.8 cm³/mol. The number of nitrogens with two attached hydrogens (primary N) is 2. The standard InChI is InChI=1S/C15H18N2O/c1-2-3-11-10-14(8-9-15(11)17)18-13-6-4-12(16)5-7-13/h4-10H,2-3,16-17H2,1H3. The van der Waals surface area contributed by atoms with Crippen LogP contribution in [0.2, 0.25) is 0 Å². The van der Waals surface area contributed by atoms with E-state index in [1.165, 1.54) is 0 Å². The summed E-state index contributed by atoms with van der Waals surface area (Å²) in [5.41, 5.74) is 14.2. The number of rotatable bonds is 4. The summed E-state index contributed by atoms with van der Waals surface area (Å²) in [7, 11) is 0. The molecule has 0 aromatic heterocycles. The summed E-state index contributed by atoms with van der Waals surface area (Å²) in [6, 6.07) is 13.1. The van der Waals surface area contributed by atoms with Crippen molar-refractivity contribution in [3.63, 3.8) is 0 Å². The fourth-order valence-corrected chi connectivity index (χ4v) is 1.80. The molecule has 3 nitrogen and oxygen atoms in total. The Hall–Kier alpha value is -2.16. The van der Waals surface area contributed by atoms with Gasteiger partial charge in [0.15, 0.2) is 0 Å². The average molecular weight is 242 g/mol. The highest BCUT2D eigenvalue weighted by Crippen LogP contribution is 2.26. The van der Waals surface area contributed by atoms with E-state index >= 15 is 0 Å².